The Labute approximate surface area is 177 Å². The Bertz CT molecular complexity index is 1170. The Morgan fingerprint density at radius 1 is 0.931 bits per heavy atom. The van der Waals surface area contributed by atoms with Crippen LogP contribution in [0.1, 0.15) is 11.6 Å². The molecule has 0 amide bonds. The number of hydrogen-bond acceptors (Lipinski definition) is 2. The van der Waals surface area contributed by atoms with Crippen LogP contribution in [-0.4, -0.2) is 27.5 Å². The summed E-state index contributed by atoms with van der Waals surface area (Å²) < 4.78 is 15.8. The molecule has 1 aromatic heterocycles. The Morgan fingerprint density at radius 3 is 2.45 bits per heavy atom. The summed E-state index contributed by atoms with van der Waals surface area (Å²) in [5, 5.41) is 22.1. The first-order chi connectivity index (χ1) is 14.0. The summed E-state index contributed by atoms with van der Waals surface area (Å²) in [4.78, 5) is 0. The van der Waals surface area contributed by atoms with E-state index in [1.807, 2.05) is 41.1 Å². The van der Waals surface area contributed by atoms with Crippen LogP contribution in [0.15, 0.2) is 72.9 Å². The van der Waals surface area contributed by atoms with Crippen LogP contribution < -0.4 is 0 Å². The molecule has 0 spiro atoms. The quantitative estimate of drug-likeness (QED) is 0.427. The number of aromatic nitrogens is 1. The maximum absolute atomic E-state index is 13.9. The SMILES string of the molecule is OC[C@@H](O)[C@H](c1cccc(F)c1)n1cc(-c2ccc(Cl)c(Cl)c2)c2ccccc21. The highest BCUT2D eigenvalue weighted by Gasteiger charge is 2.25. The summed E-state index contributed by atoms with van der Waals surface area (Å²) in [6, 6.07) is 18.5. The molecule has 4 aromatic rings. The van der Waals surface area contributed by atoms with Crippen LogP contribution in [0.25, 0.3) is 22.0 Å². The van der Waals surface area contributed by atoms with Gasteiger partial charge < -0.3 is 14.8 Å². The van der Waals surface area contributed by atoms with Crippen LogP contribution in [-0.2, 0) is 0 Å². The zero-order chi connectivity index (χ0) is 20.5. The number of aliphatic hydroxyl groups is 2. The summed E-state index contributed by atoms with van der Waals surface area (Å²) in [7, 11) is 0. The molecule has 0 aliphatic rings. The molecule has 0 aliphatic heterocycles. The molecule has 1 heterocycles. The van der Waals surface area contributed by atoms with E-state index in [4.69, 9.17) is 23.2 Å². The molecule has 148 valence electrons. The first-order valence-electron chi connectivity index (χ1n) is 9.09. The van der Waals surface area contributed by atoms with Crippen LogP contribution in [0.2, 0.25) is 10.0 Å². The third-order valence-electron chi connectivity index (χ3n) is 5.01. The van der Waals surface area contributed by atoms with Crippen LogP contribution in [0.5, 0.6) is 0 Å². The number of benzene rings is 3. The number of fused-ring (bicyclic) bond motifs is 1. The number of rotatable bonds is 5. The molecule has 0 unspecified atom stereocenters. The van der Waals surface area contributed by atoms with E-state index in [0.29, 0.717) is 15.6 Å². The topological polar surface area (TPSA) is 45.4 Å². The van der Waals surface area contributed by atoms with E-state index >= 15 is 0 Å². The molecule has 0 fully saturated rings. The Balaban J connectivity index is 1.96. The Hall–Kier alpha value is -2.37. The first kappa shape index (κ1) is 19.9. The van der Waals surface area contributed by atoms with Gasteiger partial charge in [-0.15, -0.1) is 0 Å². The Kier molecular flexibility index (Phi) is 5.61. The normalized spacial score (nSPS) is 13.6. The smallest absolute Gasteiger partial charge is 0.123 e. The molecule has 2 atom stereocenters. The third-order valence-corrected chi connectivity index (χ3v) is 5.75. The lowest BCUT2D eigenvalue weighted by Crippen LogP contribution is -2.28. The molecule has 0 bridgehead atoms. The second-order valence-electron chi connectivity index (χ2n) is 6.85. The van der Waals surface area contributed by atoms with E-state index < -0.39 is 24.6 Å². The highest BCUT2D eigenvalue weighted by molar-refractivity contribution is 6.42. The molecule has 0 saturated carbocycles. The minimum atomic E-state index is -1.12. The maximum atomic E-state index is 13.9. The summed E-state index contributed by atoms with van der Waals surface area (Å²) in [5.74, 6) is -0.404. The molecule has 2 N–H and O–H groups in total. The van der Waals surface area contributed by atoms with E-state index in [9.17, 15) is 14.6 Å². The third kappa shape index (κ3) is 3.77. The molecular formula is C23H18Cl2FNO2. The molecular weight excluding hydrogens is 412 g/mol. The van der Waals surface area contributed by atoms with Crippen LogP contribution in [0, 0.1) is 5.82 Å². The van der Waals surface area contributed by atoms with Crippen molar-refractivity contribution in [2.75, 3.05) is 6.61 Å². The number of para-hydroxylation sites is 1. The fourth-order valence-corrected chi connectivity index (χ4v) is 3.99. The van der Waals surface area contributed by atoms with Gasteiger partial charge in [0.1, 0.15) is 11.9 Å². The molecule has 29 heavy (non-hydrogen) atoms. The standard InChI is InChI=1S/C23H18Cl2FNO2/c24-19-9-8-14(11-20(19)25)18-12-27(21-7-2-1-6-17(18)21)23(22(29)13-28)15-4-3-5-16(26)10-15/h1-12,22-23,28-29H,13H2/t22-,23+/m1/s1. The van der Waals surface area contributed by atoms with Gasteiger partial charge in [0, 0.05) is 22.7 Å². The van der Waals surface area contributed by atoms with Crippen molar-refractivity contribution in [3.63, 3.8) is 0 Å². The van der Waals surface area contributed by atoms with E-state index in [0.717, 1.165) is 22.0 Å². The van der Waals surface area contributed by atoms with Crippen molar-refractivity contribution < 1.29 is 14.6 Å². The van der Waals surface area contributed by atoms with E-state index in [2.05, 4.69) is 0 Å². The molecule has 0 saturated heterocycles. The molecule has 3 nitrogen and oxygen atoms in total. The van der Waals surface area contributed by atoms with Crippen molar-refractivity contribution in [3.05, 3.63) is 94.4 Å². The highest BCUT2D eigenvalue weighted by Crippen LogP contribution is 2.37. The van der Waals surface area contributed by atoms with Crippen LogP contribution in [0.4, 0.5) is 4.39 Å². The lowest BCUT2D eigenvalue weighted by atomic mass is 10.0. The summed E-state index contributed by atoms with van der Waals surface area (Å²) in [5.41, 5.74) is 3.17. The van der Waals surface area contributed by atoms with Crippen LogP contribution in [0.3, 0.4) is 0 Å². The summed E-state index contributed by atoms with van der Waals surface area (Å²) in [6.45, 7) is -0.463. The van der Waals surface area contributed by atoms with Gasteiger partial charge in [0.25, 0.3) is 0 Å². The van der Waals surface area contributed by atoms with Gasteiger partial charge in [0.05, 0.1) is 22.7 Å². The van der Waals surface area contributed by atoms with Crippen LogP contribution >= 0.6 is 23.2 Å². The minimum Gasteiger partial charge on any atom is -0.394 e. The molecule has 0 aliphatic carbocycles. The van der Waals surface area contributed by atoms with Crippen molar-refractivity contribution >= 4 is 34.1 Å². The van der Waals surface area contributed by atoms with Gasteiger partial charge in [0.15, 0.2) is 0 Å². The number of nitrogens with zero attached hydrogens (tertiary/aromatic N) is 1. The van der Waals surface area contributed by atoms with Crippen molar-refractivity contribution in [1.82, 2.24) is 4.57 Å². The second-order valence-corrected chi connectivity index (χ2v) is 7.66. The summed E-state index contributed by atoms with van der Waals surface area (Å²) in [6.07, 6.45) is 0.771. The monoisotopic (exact) mass is 429 g/mol. The van der Waals surface area contributed by atoms with Gasteiger partial charge in [-0.3, -0.25) is 0 Å². The van der Waals surface area contributed by atoms with Gasteiger partial charge in [-0.25, -0.2) is 4.39 Å². The van der Waals surface area contributed by atoms with Crippen molar-refractivity contribution in [3.8, 4) is 11.1 Å². The zero-order valence-electron chi connectivity index (χ0n) is 15.3. The van der Waals surface area contributed by atoms with E-state index in [1.165, 1.54) is 12.1 Å². The average Bonchev–Trinajstić information content (AvgIpc) is 3.10. The van der Waals surface area contributed by atoms with E-state index in [-0.39, 0.29) is 0 Å². The van der Waals surface area contributed by atoms with E-state index in [1.54, 1.807) is 24.3 Å². The van der Waals surface area contributed by atoms with Gasteiger partial charge in [0.2, 0.25) is 0 Å². The molecule has 6 heteroatoms. The average molecular weight is 430 g/mol. The van der Waals surface area contributed by atoms with Crippen molar-refractivity contribution in [1.29, 1.82) is 0 Å². The fraction of sp³-hybridized carbons (Fsp3) is 0.130. The van der Waals surface area contributed by atoms with Gasteiger partial charge in [-0.2, -0.15) is 0 Å². The Morgan fingerprint density at radius 2 is 1.72 bits per heavy atom. The second kappa shape index (κ2) is 8.17. The number of halogens is 3. The molecule has 4 rings (SSSR count). The molecule has 0 radical (unpaired) electrons. The lowest BCUT2D eigenvalue weighted by Gasteiger charge is -2.25. The minimum absolute atomic E-state index is 0.404. The van der Waals surface area contributed by atoms with Gasteiger partial charge in [-0.05, 0) is 41.5 Å². The van der Waals surface area contributed by atoms with Crippen molar-refractivity contribution in [2.24, 2.45) is 0 Å². The molecule has 3 aromatic carbocycles. The van der Waals surface area contributed by atoms with Crippen molar-refractivity contribution in [2.45, 2.75) is 12.1 Å². The predicted octanol–water partition coefficient (Wildman–Crippen LogP) is 5.70. The number of hydrogen-bond donors (Lipinski definition) is 2. The largest absolute Gasteiger partial charge is 0.394 e. The zero-order valence-corrected chi connectivity index (χ0v) is 16.8. The van der Waals surface area contributed by atoms with Gasteiger partial charge >= 0.3 is 0 Å². The number of aliphatic hydroxyl groups excluding tert-OH is 2. The fourth-order valence-electron chi connectivity index (χ4n) is 3.69. The predicted molar refractivity (Wildman–Crippen MR) is 115 cm³/mol. The summed E-state index contributed by atoms with van der Waals surface area (Å²) >= 11 is 12.3. The maximum Gasteiger partial charge on any atom is 0.123 e. The lowest BCUT2D eigenvalue weighted by molar-refractivity contribution is 0.0653. The highest BCUT2D eigenvalue weighted by atomic mass is 35.5. The van der Waals surface area contributed by atoms with Gasteiger partial charge in [-0.1, -0.05) is 59.6 Å². The first-order valence-corrected chi connectivity index (χ1v) is 9.84.